The first-order chi connectivity index (χ1) is 14.0. The molecule has 0 saturated carbocycles. The highest BCUT2D eigenvalue weighted by Gasteiger charge is 2.38. The number of fused-ring (bicyclic) bond motifs is 1. The van der Waals surface area contributed by atoms with Gasteiger partial charge in [-0.2, -0.15) is 0 Å². The number of ether oxygens (including phenoxy) is 1. The molecule has 152 valence electrons. The van der Waals surface area contributed by atoms with Crippen LogP contribution in [0.15, 0.2) is 24.3 Å². The van der Waals surface area contributed by atoms with E-state index in [1.165, 1.54) is 21.1 Å². The number of carbonyl (C=O) groups excluding carboxylic acids is 3. The molecule has 0 radical (unpaired) electrons. The van der Waals surface area contributed by atoms with E-state index in [0.29, 0.717) is 11.6 Å². The number of hydrogen-bond donors (Lipinski definition) is 2. The lowest BCUT2D eigenvalue weighted by Gasteiger charge is -2.13. The third-order valence-corrected chi connectivity index (χ3v) is 6.19. The third-order valence-electron chi connectivity index (χ3n) is 5.12. The van der Waals surface area contributed by atoms with Crippen LogP contribution in [0.5, 0.6) is 5.75 Å². The zero-order valence-electron chi connectivity index (χ0n) is 16.1. The predicted octanol–water partition coefficient (Wildman–Crippen LogP) is 2.13. The van der Waals surface area contributed by atoms with Crippen LogP contribution in [0.2, 0.25) is 0 Å². The SMILES string of the molecule is COc1ccc(CCN2C(=O)NC(CC(=O)Nc3nc4c(s3)CCC4)C2=O)cc1. The lowest BCUT2D eigenvalue weighted by Crippen LogP contribution is -2.34. The lowest BCUT2D eigenvalue weighted by molar-refractivity contribution is -0.129. The van der Waals surface area contributed by atoms with Gasteiger partial charge in [-0.3, -0.25) is 14.5 Å². The highest BCUT2D eigenvalue weighted by molar-refractivity contribution is 7.15. The predicted molar refractivity (Wildman–Crippen MR) is 108 cm³/mol. The average Bonchev–Trinajstić information content (AvgIpc) is 3.35. The van der Waals surface area contributed by atoms with Crippen LogP contribution in [-0.2, 0) is 28.9 Å². The van der Waals surface area contributed by atoms with Gasteiger partial charge in [0.25, 0.3) is 5.91 Å². The van der Waals surface area contributed by atoms with Gasteiger partial charge in [0.2, 0.25) is 5.91 Å². The summed E-state index contributed by atoms with van der Waals surface area (Å²) in [5, 5.41) is 5.92. The standard InChI is InChI=1S/C20H22N4O4S/c1-28-13-7-5-12(6-8-13)9-10-24-18(26)15(22-20(24)27)11-17(25)23-19-21-14-3-2-4-16(14)29-19/h5-8,15H,2-4,9-11H2,1H3,(H,22,27)(H,21,23,25). The van der Waals surface area contributed by atoms with E-state index in [1.807, 2.05) is 24.3 Å². The topological polar surface area (TPSA) is 101 Å². The summed E-state index contributed by atoms with van der Waals surface area (Å²) in [6.45, 7) is 0.258. The summed E-state index contributed by atoms with van der Waals surface area (Å²) in [6, 6.07) is 6.16. The van der Waals surface area contributed by atoms with Crippen molar-refractivity contribution in [3.05, 3.63) is 40.4 Å². The molecule has 2 aliphatic rings. The molecule has 1 aliphatic heterocycles. The Kier molecular flexibility index (Phi) is 5.48. The molecule has 2 N–H and O–H groups in total. The lowest BCUT2D eigenvalue weighted by atomic mass is 10.1. The molecule has 1 aromatic carbocycles. The Hall–Kier alpha value is -2.94. The van der Waals surface area contributed by atoms with Crippen LogP contribution in [0.4, 0.5) is 9.93 Å². The molecular formula is C20H22N4O4S. The summed E-state index contributed by atoms with van der Waals surface area (Å²) < 4.78 is 5.12. The molecule has 2 heterocycles. The van der Waals surface area contributed by atoms with Crippen LogP contribution in [-0.4, -0.2) is 47.4 Å². The molecule has 8 nitrogen and oxygen atoms in total. The van der Waals surface area contributed by atoms with Crippen LogP contribution in [0.3, 0.4) is 0 Å². The first-order valence-corrected chi connectivity index (χ1v) is 10.4. The number of hydrogen-bond acceptors (Lipinski definition) is 6. The zero-order chi connectivity index (χ0) is 20.4. The van der Waals surface area contributed by atoms with Crippen molar-refractivity contribution in [2.24, 2.45) is 0 Å². The molecule has 1 aromatic heterocycles. The quantitative estimate of drug-likeness (QED) is 0.676. The van der Waals surface area contributed by atoms with Crippen LogP contribution in [0.1, 0.15) is 29.0 Å². The number of aromatic nitrogens is 1. The Labute approximate surface area is 172 Å². The van der Waals surface area contributed by atoms with E-state index >= 15 is 0 Å². The van der Waals surface area contributed by atoms with Gasteiger partial charge in [0.05, 0.1) is 19.2 Å². The smallest absolute Gasteiger partial charge is 0.324 e. The minimum Gasteiger partial charge on any atom is -0.497 e. The number of amides is 4. The number of urea groups is 1. The number of thiazole rings is 1. The number of aryl methyl sites for hydroxylation is 2. The van der Waals surface area contributed by atoms with Gasteiger partial charge < -0.3 is 15.4 Å². The van der Waals surface area contributed by atoms with Crippen LogP contribution < -0.4 is 15.4 Å². The molecular weight excluding hydrogens is 392 g/mol. The molecule has 1 aliphatic carbocycles. The summed E-state index contributed by atoms with van der Waals surface area (Å²) in [7, 11) is 1.60. The molecule has 1 atom stereocenters. The number of methoxy groups -OCH3 is 1. The normalized spacial score (nSPS) is 18.0. The van der Waals surface area contributed by atoms with Crippen molar-refractivity contribution in [1.29, 1.82) is 0 Å². The molecule has 29 heavy (non-hydrogen) atoms. The number of imide groups is 1. The van der Waals surface area contributed by atoms with E-state index in [1.54, 1.807) is 7.11 Å². The van der Waals surface area contributed by atoms with Gasteiger partial charge in [0.15, 0.2) is 5.13 Å². The summed E-state index contributed by atoms with van der Waals surface area (Å²) in [6.07, 6.45) is 3.49. The van der Waals surface area contributed by atoms with Gasteiger partial charge >= 0.3 is 6.03 Å². The van der Waals surface area contributed by atoms with E-state index in [9.17, 15) is 14.4 Å². The number of benzene rings is 1. The Morgan fingerprint density at radius 3 is 2.83 bits per heavy atom. The number of nitrogens with one attached hydrogen (secondary N) is 2. The van der Waals surface area contributed by atoms with Gasteiger partial charge in [0, 0.05) is 11.4 Å². The molecule has 1 saturated heterocycles. The second-order valence-corrected chi connectivity index (χ2v) is 8.17. The summed E-state index contributed by atoms with van der Waals surface area (Å²) in [5.74, 6) is 0.0497. The summed E-state index contributed by atoms with van der Waals surface area (Å²) >= 11 is 1.48. The molecule has 9 heteroatoms. The molecule has 4 amide bonds. The first kappa shape index (κ1) is 19.4. The van der Waals surface area contributed by atoms with Gasteiger partial charge in [-0.15, -0.1) is 11.3 Å². The molecule has 0 spiro atoms. The van der Waals surface area contributed by atoms with Crippen molar-refractivity contribution in [2.75, 3.05) is 19.0 Å². The maximum atomic E-state index is 12.6. The largest absolute Gasteiger partial charge is 0.497 e. The van der Waals surface area contributed by atoms with Crippen molar-refractivity contribution in [3.8, 4) is 5.75 Å². The van der Waals surface area contributed by atoms with Crippen LogP contribution in [0.25, 0.3) is 0 Å². The van der Waals surface area contributed by atoms with Gasteiger partial charge in [-0.05, 0) is 43.4 Å². The van der Waals surface area contributed by atoms with Gasteiger partial charge in [-0.25, -0.2) is 9.78 Å². The monoisotopic (exact) mass is 414 g/mol. The van der Waals surface area contributed by atoms with Crippen molar-refractivity contribution in [3.63, 3.8) is 0 Å². The van der Waals surface area contributed by atoms with Crippen molar-refractivity contribution in [2.45, 2.75) is 38.1 Å². The fourth-order valence-corrected chi connectivity index (χ4v) is 4.63. The third kappa shape index (κ3) is 4.24. The summed E-state index contributed by atoms with van der Waals surface area (Å²) in [5.41, 5.74) is 2.05. The Balaban J connectivity index is 1.30. The summed E-state index contributed by atoms with van der Waals surface area (Å²) in [4.78, 5) is 43.9. The van der Waals surface area contributed by atoms with E-state index < -0.39 is 12.1 Å². The van der Waals surface area contributed by atoms with Gasteiger partial charge in [0.1, 0.15) is 11.8 Å². The number of carbonyl (C=O) groups is 3. The molecule has 2 aromatic rings. The number of anilines is 1. The highest BCUT2D eigenvalue weighted by atomic mass is 32.1. The van der Waals surface area contributed by atoms with Gasteiger partial charge in [-0.1, -0.05) is 12.1 Å². The first-order valence-electron chi connectivity index (χ1n) is 9.56. The van der Waals surface area contributed by atoms with Crippen molar-refractivity contribution < 1.29 is 19.1 Å². The van der Waals surface area contributed by atoms with E-state index in [2.05, 4.69) is 15.6 Å². The second-order valence-electron chi connectivity index (χ2n) is 7.08. The van der Waals surface area contributed by atoms with Crippen LogP contribution in [0, 0.1) is 0 Å². The Morgan fingerprint density at radius 1 is 1.31 bits per heavy atom. The van der Waals surface area contributed by atoms with Crippen LogP contribution >= 0.6 is 11.3 Å². The van der Waals surface area contributed by atoms with Crippen molar-refractivity contribution in [1.82, 2.24) is 15.2 Å². The maximum Gasteiger partial charge on any atom is 0.324 e. The second kappa shape index (κ2) is 8.20. The Morgan fingerprint density at radius 2 is 2.10 bits per heavy atom. The fraction of sp³-hybridized carbons (Fsp3) is 0.400. The Bertz CT molecular complexity index is 919. The number of rotatable bonds is 7. The fourth-order valence-electron chi connectivity index (χ4n) is 3.56. The van der Waals surface area contributed by atoms with E-state index in [-0.39, 0.29) is 24.8 Å². The van der Waals surface area contributed by atoms with Crippen molar-refractivity contribution >= 4 is 34.3 Å². The number of nitrogens with zero attached hydrogens (tertiary/aromatic N) is 2. The minimum atomic E-state index is -0.842. The van der Waals surface area contributed by atoms with E-state index in [4.69, 9.17) is 4.74 Å². The zero-order valence-corrected chi connectivity index (χ0v) is 16.9. The molecule has 4 rings (SSSR count). The molecule has 0 bridgehead atoms. The molecule has 1 fully saturated rings. The highest BCUT2D eigenvalue weighted by Crippen LogP contribution is 2.30. The maximum absolute atomic E-state index is 12.6. The minimum absolute atomic E-state index is 0.103. The average molecular weight is 414 g/mol. The molecule has 1 unspecified atom stereocenters. The van der Waals surface area contributed by atoms with E-state index in [0.717, 1.165) is 36.3 Å².